The molecule has 0 radical (unpaired) electrons. The number of ketones is 1. The van der Waals surface area contributed by atoms with Crippen LogP contribution in [0.2, 0.25) is 0 Å². The zero-order chi connectivity index (χ0) is 29.8. The van der Waals surface area contributed by atoms with Gasteiger partial charge in [0, 0.05) is 5.56 Å². The molecule has 0 spiro atoms. The first-order chi connectivity index (χ1) is 20.4. The third-order valence-electron chi connectivity index (χ3n) is 6.94. The molecule has 3 aromatic carbocycles. The summed E-state index contributed by atoms with van der Waals surface area (Å²) in [4.78, 5) is 33.4. The van der Waals surface area contributed by atoms with E-state index >= 15 is 0 Å². The molecule has 1 saturated heterocycles. The van der Waals surface area contributed by atoms with Gasteiger partial charge >= 0.3 is 5.91 Å². The predicted octanol–water partition coefficient (Wildman–Crippen LogP) is 6.52. The summed E-state index contributed by atoms with van der Waals surface area (Å²) in [5.74, 6) is 0.383. The van der Waals surface area contributed by atoms with Gasteiger partial charge in [0.1, 0.15) is 17.3 Å². The van der Waals surface area contributed by atoms with Gasteiger partial charge in [-0.05, 0) is 73.5 Å². The number of amides is 1. The Balaban J connectivity index is 1.68. The van der Waals surface area contributed by atoms with Crippen molar-refractivity contribution in [2.75, 3.05) is 32.3 Å². The normalized spacial score (nSPS) is 16.2. The molecule has 9 nitrogen and oxygen atoms in total. The number of aromatic nitrogens is 1. The zero-order valence-corrected chi connectivity index (χ0v) is 24.7. The quantitative estimate of drug-likeness (QED) is 0.0914. The van der Waals surface area contributed by atoms with Gasteiger partial charge in [0.15, 0.2) is 16.6 Å². The van der Waals surface area contributed by atoms with Crippen LogP contribution in [0.1, 0.15) is 43.9 Å². The Hall–Kier alpha value is -4.57. The number of nitrogens with zero attached hydrogens (tertiary/aromatic N) is 2. The van der Waals surface area contributed by atoms with E-state index in [9.17, 15) is 14.7 Å². The molecule has 0 bridgehead atoms. The Morgan fingerprint density at radius 2 is 1.67 bits per heavy atom. The minimum atomic E-state index is -0.974. The largest absolute Gasteiger partial charge is 0.507 e. The summed E-state index contributed by atoms with van der Waals surface area (Å²) < 4.78 is 23.2. The second kappa shape index (κ2) is 12.5. The lowest BCUT2D eigenvalue weighted by molar-refractivity contribution is -0.132. The molecule has 42 heavy (non-hydrogen) atoms. The van der Waals surface area contributed by atoms with Crippen molar-refractivity contribution in [2.24, 2.45) is 0 Å². The summed E-state index contributed by atoms with van der Waals surface area (Å²) in [6.45, 7) is 4.87. The van der Waals surface area contributed by atoms with Gasteiger partial charge in [-0.3, -0.25) is 14.5 Å². The van der Waals surface area contributed by atoms with Crippen LogP contribution >= 0.6 is 11.3 Å². The molecule has 1 aliphatic heterocycles. The van der Waals surface area contributed by atoms with Crippen molar-refractivity contribution in [2.45, 2.75) is 32.7 Å². The van der Waals surface area contributed by atoms with Gasteiger partial charge in [-0.2, -0.15) is 0 Å². The number of fused-ring (bicyclic) bond motifs is 1. The molecule has 1 aromatic heterocycles. The number of hydrogen-bond donors (Lipinski definition) is 1. The maximum absolute atomic E-state index is 13.7. The lowest BCUT2D eigenvalue weighted by Crippen LogP contribution is -2.29. The van der Waals surface area contributed by atoms with Crippen LogP contribution < -0.4 is 23.8 Å². The van der Waals surface area contributed by atoms with Crippen LogP contribution in [-0.2, 0) is 9.59 Å². The van der Waals surface area contributed by atoms with E-state index < -0.39 is 17.7 Å². The molecule has 218 valence electrons. The summed E-state index contributed by atoms with van der Waals surface area (Å²) in [5.41, 5.74) is 1.54. The van der Waals surface area contributed by atoms with E-state index in [1.165, 1.54) is 16.2 Å². The van der Waals surface area contributed by atoms with Crippen molar-refractivity contribution in [1.82, 2.24) is 4.98 Å². The topological polar surface area (TPSA) is 107 Å². The Morgan fingerprint density at radius 3 is 2.36 bits per heavy atom. The highest BCUT2D eigenvalue weighted by Gasteiger charge is 2.48. The fourth-order valence-electron chi connectivity index (χ4n) is 4.78. The Bertz CT molecular complexity index is 1640. The molecule has 1 N–H and O–H groups in total. The van der Waals surface area contributed by atoms with Gasteiger partial charge in [0.25, 0.3) is 5.78 Å². The predicted molar refractivity (Wildman–Crippen MR) is 162 cm³/mol. The summed E-state index contributed by atoms with van der Waals surface area (Å²) >= 11 is 1.26. The number of carbonyl (C=O) groups excluding carboxylic acids is 2. The lowest BCUT2D eigenvalue weighted by atomic mass is 9.95. The van der Waals surface area contributed by atoms with Gasteiger partial charge in [0.05, 0.1) is 49.3 Å². The molecule has 5 rings (SSSR count). The fraction of sp³-hybridized carbons (Fsp3) is 0.281. The molecule has 2 heterocycles. The molecule has 1 unspecified atom stereocenters. The number of aliphatic hydroxyl groups excluding tert-OH is 1. The maximum Gasteiger partial charge on any atom is 0.301 e. The summed E-state index contributed by atoms with van der Waals surface area (Å²) in [5, 5.41) is 11.8. The SMILES string of the molecule is CCCCOc1ccc(C2/C(=C(\O)c3ccc(OC)cc3)C(=O)C(=O)N2c2nc3ccc(OC)cc3s2)cc1OCC. The number of Topliss-reactive ketones (excluding diaryl/α,β-unsaturated/α-hetero) is 1. The van der Waals surface area contributed by atoms with Gasteiger partial charge in [-0.25, -0.2) is 4.98 Å². The van der Waals surface area contributed by atoms with Crippen LogP contribution in [0.4, 0.5) is 5.13 Å². The number of methoxy groups -OCH3 is 2. The monoisotopic (exact) mass is 588 g/mol. The molecule has 1 amide bonds. The standard InChI is InChI=1S/C32H32N2O7S/c1-5-7-16-41-24-15-10-20(17-25(24)40-6-2)28-27(29(35)19-8-11-21(38-3)12-9-19)30(36)31(37)34(28)32-33-23-14-13-22(39-4)18-26(23)42-32/h8-15,17-18,28,35H,5-7,16H2,1-4H3/b29-27+. The first-order valence-electron chi connectivity index (χ1n) is 13.7. The lowest BCUT2D eigenvalue weighted by Gasteiger charge is -2.24. The minimum Gasteiger partial charge on any atom is -0.507 e. The average molecular weight is 589 g/mol. The number of ether oxygens (including phenoxy) is 4. The number of thiazole rings is 1. The van der Waals surface area contributed by atoms with Gasteiger partial charge in [0.2, 0.25) is 0 Å². The Kier molecular flexibility index (Phi) is 8.63. The smallest absolute Gasteiger partial charge is 0.301 e. The van der Waals surface area contributed by atoms with Crippen molar-refractivity contribution >= 4 is 44.1 Å². The average Bonchev–Trinajstić information content (AvgIpc) is 3.55. The summed E-state index contributed by atoms with van der Waals surface area (Å²) in [6, 6.07) is 16.4. The Morgan fingerprint density at radius 1 is 0.929 bits per heavy atom. The second-order valence-corrected chi connectivity index (χ2v) is 10.6. The molecule has 0 saturated carbocycles. The van der Waals surface area contributed by atoms with Crippen molar-refractivity contribution < 1.29 is 33.6 Å². The van der Waals surface area contributed by atoms with Gasteiger partial charge in [-0.1, -0.05) is 30.7 Å². The fourth-order valence-corrected chi connectivity index (χ4v) is 5.80. The van der Waals surface area contributed by atoms with Gasteiger partial charge in [-0.15, -0.1) is 0 Å². The molecule has 0 aliphatic carbocycles. The number of hydrogen-bond acceptors (Lipinski definition) is 9. The van der Waals surface area contributed by atoms with Gasteiger partial charge < -0.3 is 24.1 Å². The number of carbonyl (C=O) groups is 2. The molecule has 10 heteroatoms. The second-order valence-electron chi connectivity index (χ2n) is 9.57. The molecule has 1 aliphatic rings. The molecule has 1 atom stereocenters. The third-order valence-corrected chi connectivity index (χ3v) is 7.95. The van der Waals surface area contributed by atoms with E-state index in [-0.39, 0.29) is 11.3 Å². The molecular formula is C32H32N2O7S. The van der Waals surface area contributed by atoms with Crippen LogP contribution in [0, 0.1) is 0 Å². The number of rotatable bonds is 11. The van der Waals surface area contributed by atoms with Crippen molar-refractivity contribution in [3.63, 3.8) is 0 Å². The van der Waals surface area contributed by atoms with Crippen LogP contribution in [0.5, 0.6) is 23.0 Å². The Labute approximate surface area is 247 Å². The molecule has 1 fully saturated rings. The van der Waals surface area contributed by atoms with Crippen LogP contribution in [0.3, 0.4) is 0 Å². The zero-order valence-electron chi connectivity index (χ0n) is 23.9. The van der Waals surface area contributed by atoms with Crippen LogP contribution in [0.25, 0.3) is 16.0 Å². The highest BCUT2D eigenvalue weighted by Crippen LogP contribution is 2.46. The summed E-state index contributed by atoms with van der Waals surface area (Å²) in [6.07, 6.45) is 1.87. The number of aliphatic hydroxyl groups is 1. The van der Waals surface area contributed by atoms with E-state index in [1.807, 2.05) is 13.0 Å². The van der Waals surface area contributed by atoms with E-state index in [4.69, 9.17) is 18.9 Å². The number of unbranched alkanes of at least 4 members (excludes halogenated alkanes) is 1. The number of anilines is 1. The van der Waals surface area contributed by atoms with E-state index in [1.54, 1.807) is 68.8 Å². The molecule has 4 aromatic rings. The van der Waals surface area contributed by atoms with E-state index in [2.05, 4.69) is 11.9 Å². The van der Waals surface area contributed by atoms with Crippen LogP contribution in [-0.4, -0.2) is 49.2 Å². The minimum absolute atomic E-state index is 0.0518. The van der Waals surface area contributed by atoms with Crippen LogP contribution in [0.15, 0.2) is 66.2 Å². The first kappa shape index (κ1) is 28.9. The van der Waals surface area contributed by atoms with E-state index in [0.29, 0.717) is 58.0 Å². The summed E-state index contributed by atoms with van der Waals surface area (Å²) in [7, 11) is 3.12. The van der Waals surface area contributed by atoms with Crippen molar-refractivity contribution in [1.29, 1.82) is 0 Å². The highest BCUT2D eigenvalue weighted by atomic mass is 32.1. The first-order valence-corrected chi connectivity index (χ1v) is 14.5. The highest BCUT2D eigenvalue weighted by molar-refractivity contribution is 7.22. The molecular weight excluding hydrogens is 556 g/mol. The van der Waals surface area contributed by atoms with Crippen molar-refractivity contribution in [3.8, 4) is 23.0 Å². The third kappa shape index (κ3) is 5.49. The van der Waals surface area contributed by atoms with E-state index in [0.717, 1.165) is 17.5 Å². The maximum atomic E-state index is 13.7. The van der Waals surface area contributed by atoms with Crippen molar-refractivity contribution in [3.05, 3.63) is 77.4 Å². The number of benzene rings is 3.